The number of carbonyl (C=O) groups excluding carboxylic acids is 1. The van der Waals surface area contributed by atoms with E-state index in [1.807, 2.05) is 6.07 Å². The number of aliphatic hydroxyl groups is 1. The number of ketones is 1. The number of carbonyl (C=O) groups is 1. The number of aliphatic hydroxyl groups excluding tert-OH is 1. The van der Waals surface area contributed by atoms with E-state index in [0.717, 1.165) is 18.4 Å². The van der Waals surface area contributed by atoms with Crippen LogP contribution in [0.1, 0.15) is 116 Å². The molecular formula is C27H46O2. The third kappa shape index (κ3) is 9.47. The highest BCUT2D eigenvalue weighted by Crippen LogP contribution is 2.28. The van der Waals surface area contributed by atoms with Gasteiger partial charge in [-0.05, 0) is 40.9 Å². The van der Waals surface area contributed by atoms with Gasteiger partial charge < -0.3 is 5.11 Å². The van der Waals surface area contributed by atoms with Crippen LogP contribution in [-0.2, 0) is 23.2 Å². The summed E-state index contributed by atoms with van der Waals surface area (Å²) in [5, 5.41) is 9.63. The Morgan fingerprint density at radius 2 is 1.62 bits per heavy atom. The van der Waals surface area contributed by atoms with Crippen molar-refractivity contribution in [3.8, 4) is 0 Å². The number of Topliss-reactive ketones (excluding diaryl/α,β-unsaturated/α-hetero) is 1. The van der Waals surface area contributed by atoms with E-state index in [2.05, 4.69) is 53.7 Å². The summed E-state index contributed by atoms with van der Waals surface area (Å²) in [7, 11) is 0. The van der Waals surface area contributed by atoms with Crippen LogP contribution in [0.5, 0.6) is 0 Å². The molecule has 0 aliphatic heterocycles. The lowest BCUT2D eigenvalue weighted by molar-refractivity contribution is -0.124. The van der Waals surface area contributed by atoms with Crippen LogP contribution >= 0.6 is 0 Å². The van der Waals surface area contributed by atoms with Crippen molar-refractivity contribution in [1.29, 1.82) is 0 Å². The van der Waals surface area contributed by atoms with Gasteiger partial charge in [0.1, 0.15) is 5.78 Å². The molecule has 0 aromatic heterocycles. The van der Waals surface area contributed by atoms with Gasteiger partial charge in [0.2, 0.25) is 0 Å². The molecule has 1 atom stereocenters. The van der Waals surface area contributed by atoms with Crippen molar-refractivity contribution < 1.29 is 9.90 Å². The average molecular weight is 403 g/mol. The Hall–Kier alpha value is -1.15. The van der Waals surface area contributed by atoms with E-state index in [-0.39, 0.29) is 17.9 Å². The van der Waals surface area contributed by atoms with E-state index in [1.54, 1.807) is 0 Å². The number of aryl methyl sites for hydroxylation is 1. The molecule has 1 aromatic rings. The quantitative estimate of drug-likeness (QED) is 0.329. The van der Waals surface area contributed by atoms with E-state index in [9.17, 15) is 9.90 Å². The van der Waals surface area contributed by atoms with Crippen molar-refractivity contribution in [3.05, 3.63) is 34.9 Å². The molecule has 29 heavy (non-hydrogen) atoms. The lowest BCUT2D eigenvalue weighted by Crippen LogP contribution is -2.21. The van der Waals surface area contributed by atoms with Gasteiger partial charge in [0.05, 0.1) is 6.61 Å². The second kappa shape index (κ2) is 13.2. The summed E-state index contributed by atoms with van der Waals surface area (Å²) in [4.78, 5) is 12.9. The Labute approximate surface area is 180 Å². The molecule has 1 N–H and O–H groups in total. The van der Waals surface area contributed by atoms with E-state index < -0.39 is 0 Å². The fourth-order valence-electron chi connectivity index (χ4n) is 4.26. The van der Waals surface area contributed by atoms with Gasteiger partial charge in [0.25, 0.3) is 0 Å². The molecule has 1 aromatic carbocycles. The highest BCUT2D eigenvalue weighted by atomic mass is 16.3. The van der Waals surface area contributed by atoms with Crippen LogP contribution in [0, 0.1) is 11.8 Å². The van der Waals surface area contributed by atoms with Crippen LogP contribution in [0.15, 0.2) is 18.2 Å². The smallest absolute Gasteiger partial charge is 0.136 e. The highest BCUT2D eigenvalue weighted by molar-refractivity contribution is 5.81. The zero-order valence-corrected chi connectivity index (χ0v) is 20.0. The monoisotopic (exact) mass is 402 g/mol. The van der Waals surface area contributed by atoms with Crippen molar-refractivity contribution in [2.24, 2.45) is 11.8 Å². The van der Waals surface area contributed by atoms with Gasteiger partial charge in [-0.1, -0.05) is 105 Å². The van der Waals surface area contributed by atoms with Gasteiger partial charge >= 0.3 is 0 Å². The maximum Gasteiger partial charge on any atom is 0.136 e. The molecule has 2 heteroatoms. The fraction of sp³-hybridized carbons (Fsp3) is 0.741. The normalized spacial score (nSPS) is 13.1. The van der Waals surface area contributed by atoms with Crippen LogP contribution in [0.4, 0.5) is 0 Å². The summed E-state index contributed by atoms with van der Waals surface area (Å²) in [5.74, 6) is 1.04. The Morgan fingerprint density at radius 3 is 2.17 bits per heavy atom. The average Bonchev–Trinajstić information content (AvgIpc) is 2.67. The first kappa shape index (κ1) is 25.9. The summed E-state index contributed by atoms with van der Waals surface area (Å²) in [6.45, 7) is 13.2. The zero-order chi connectivity index (χ0) is 21.9. The maximum atomic E-state index is 12.9. The Morgan fingerprint density at radius 1 is 1.00 bits per heavy atom. The van der Waals surface area contributed by atoms with Crippen molar-refractivity contribution in [2.75, 3.05) is 0 Å². The van der Waals surface area contributed by atoms with Crippen molar-refractivity contribution >= 4 is 5.78 Å². The van der Waals surface area contributed by atoms with Crippen molar-refractivity contribution in [3.63, 3.8) is 0 Å². The first-order valence-corrected chi connectivity index (χ1v) is 12.0. The van der Waals surface area contributed by atoms with Gasteiger partial charge in [-0.15, -0.1) is 0 Å². The first-order chi connectivity index (χ1) is 13.7. The molecular weight excluding hydrogens is 356 g/mol. The maximum absolute atomic E-state index is 12.9. The minimum atomic E-state index is -0.00429. The van der Waals surface area contributed by atoms with Crippen LogP contribution < -0.4 is 0 Å². The Bertz CT molecular complexity index is 595. The van der Waals surface area contributed by atoms with Crippen LogP contribution in [0.3, 0.4) is 0 Å². The molecule has 2 nitrogen and oxygen atoms in total. The predicted molar refractivity (Wildman–Crippen MR) is 125 cm³/mol. The molecule has 0 heterocycles. The molecule has 0 radical (unpaired) electrons. The van der Waals surface area contributed by atoms with Gasteiger partial charge in [0, 0.05) is 12.3 Å². The molecule has 0 saturated carbocycles. The predicted octanol–water partition coefficient (Wildman–Crippen LogP) is 7.39. The third-order valence-electron chi connectivity index (χ3n) is 6.15. The lowest BCUT2D eigenvalue weighted by Gasteiger charge is -2.23. The van der Waals surface area contributed by atoms with E-state index >= 15 is 0 Å². The molecule has 1 rings (SSSR count). The minimum absolute atomic E-state index is 0.00429. The van der Waals surface area contributed by atoms with E-state index in [4.69, 9.17) is 0 Å². The number of hydrogen-bond acceptors (Lipinski definition) is 2. The number of unbranched alkanes of at least 4 members (excludes halogenated alkanes) is 6. The largest absolute Gasteiger partial charge is 0.392 e. The summed E-state index contributed by atoms with van der Waals surface area (Å²) in [6.07, 6.45) is 11.6. The third-order valence-corrected chi connectivity index (χ3v) is 6.15. The number of rotatable bonds is 14. The molecule has 0 spiro atoms. The number of hydrogen-bond donors (Lipinski definition) is 1. The second-order valence-corrected chi connectivity index (χ2v) is 10.1. The summed E-state index contributed by atoms with van der Waals surface area (Å²) in [5.41, 5.74) is 3.38. The van der Waals surface area contributed by atoms with Crippen LogP contribution in [0.25, 0.3) is 0 Å². The molecule has 0 saturated heterocycles. The Kier molecular flexibility index (Phi) is 11.8. The van der Waals surface area contributed by atoms with Crippen molar-refractivity contribution in [1.82, 2.24) is 0 Å². The van der Waals surface area contributed by atoms with Gasteiger partial charge in [0.15, 0.2) is 0 Å². The lowest BCUT2D eigenvalue weighted by atomic mass is 9.81. The van der Waals surface area contributed by atoms with Gasteiger partial charge in [-0.2, -0.15) is 0 Å². The SMILES string of the molecule is CCCCCCCCCC(C(=O)CCc1ccc(CO)c(C(C)(C)C)c1)C(C)C. The first-order valence-electron chi connectivity index (χ1n) is 12.0. The molecule has 0 fully saturated rings. The van der Waals surface area contributed by atoms with Crippen LogP contribution in [-0.4, -0.2) is 10.9 Å². The summed E-state index contributed by atoms with van der Waals surface area (Å²) >= 11 is 0. The topological polar surface area (TPSA) is 37.3 Å². The molecule has 0 amide bonds. The highest BCUT2D eigenvalue weighted by Gasteiger charge is 2.22. The Balaban J connectivity index is 2.57. The number of benzene rings is 1. The summed E-state index contributed by atoms with van der Waals surface area (Å²) < 4.78 is 0. The molecule has 0 bridgehead atoms. The fourth-order valence-corrected chi connectivity index (χ4v) is 4.26. The molecule has 0 aliphatic carbocycles. The van der Waals surface area contributed by atoms with Gasteiger partial charge in [-0.3, -0.25) is 4.79 Å². The zero-order valence-electron chi connectivity index (χ0n) is 20.0. The van der Waals surface area contributed by atoms with Crippen LogP contribution in [0.2, 0.25) is 0 Å². The molecule has 0 aliphatic rings. The van der Waals surface area contributed by atoms with Crippen molar-refractivity contribution in [2.45, 2.75) is 118 Å². The minimum Gasteiger partial charge on any atom is -0.392 e. The standard InChI is InChI=1S/C27H46O2/c1-7-8-9-10-11-12-13-14-24(21(2)3)26(29)18-16-22-15-17-23(20-28)25(19-22)27(4,5)6/h15,17,19,21,24,28H,7-14,16,18,20H2,1-6H3. The van der Waals surface area contributed by atoms with E-state index in [0.29, 0.717) is 18.1 Å². The molecule has 1 unspecified atom stereocenters. The second-order valence-electron chi connectivity index (χ2n) is 10.1. The van der Waals surface area contributed by atoms with Gasteiger partial charge in [-0.25, -0.2) is 0 Å². The molecule has 166 valence electrons. The van der Waals surface area contributed by atoms with E-state index in [1.165, 1.54) is 56.1 Å². The summed E-state index contributed by atoms with van der Waals surface area (Å²) in [6, 6.07) is 6.30.